The maximum atomic E-state index is 14.8. The molecule has 0 spiro atoms. The molecule has 27 heteroatoms. The summed E-state index contributed by atoms with van der Waals surface area (Å²) in [6.07, 6.45) is 2.13. The minimum absolute atomic E-state index is 0.0752. The van der Waals surface area contributed by atoms with Crippen molar-refractivity contribution in [1.29, 1.82) is 0 Å². The highest BCUT2D eigenvalue weighted by atomic mass is 16.6. The van der Waals surface area contributed by atoms with Gasteiger partial charge in [-0.1, -0.05) is 118 Å². The summed E-state index contributed by atoms with van der Waals surface area (Å²) in [5, 5.41) is 38.8. The number of amides is 11. The summed E-state index contributed by atoms with van der Waals surface area (Å²) in [5.74, 6) is -7.14. The SMILES string of the molecule is CCC(C)C(C(CC(=O)N1CCCC1C(OC)C(C)C(=O)NC(C)C(O)c1ccccc1)OC)N(C)C(=O)C(NC(=O)C(C(C)C)N(C)C(=O)OCc1ccc(NC(=O)C(CCCNC(N)=O)NC(=O)C(NC(=O)CCCCCNC(=O)C=CC(=O)O)C(C)C)cc1)C(C)C. The smallest absolute Gasteiger partial charge is 0.410 e. The molecule has 0 radical (unpaired) electrons. The predicted octanol–water partition coefficient (Wildman–Crippen LogP) is 4.91. The molecule has 95 heavy (non-hydrogen) atoms. The Hall–Kier alpha value is -8.17. The molecule has 3 rings (SSSR count). The first-order valence-corrected chi connectivity index (χ1v) is 33.0. The number of carboxylic acid groups (broad SMARTS) is 1. The fraction of sp³-hybridized carbons (Fsp3) is 0.632. The number of hydrogen-bond donors (Lipinski definition) is 10. The van der Waals surface area contributed by atoms with Crippen molar-refractivity contribution >= 4 is 71.0 Å². The predicted molar refractivity (Wildman–Crippen MR) is 357 cm³/mol. The summed E-state index contributed by atoms with van der Waals surface area (Å²) in [5.41, 5.74) is 6.75. The number of nitrogens with one attached hydrogen (secondary N) is 7. The molecule has 0 bridgehead atoms. The number of likely N-dealkylation sites (tertiary alicyclic amines) is 1. The maximum Gasteiger partial charge on any atom is 0.410 e. The lowest BCUT2D eigenvalue weighted by Gasteiger charge is -2.41. The van der Waals surface area contributed by atoms with Crippen molar-refractivity contribution < 1.29 is 77.2 Å². The second-order valence-electron chi connectivity index (χ2n) is 25.6. The summed E-state index contributed by atoms with van der Waals surface area (Å²) in [4.78, 5) is 150. The van der Waals surface area contributed by atoms with Gasteiger partial charge in [0.2, 0.25) is 47.3 Å². The quantitative estimate of drug-likeness (QED) is 0.0313. The summed E-state index contributed by atoms with van der Waals surface area (Å²) < 4.78 is 17.7. The summed E-state index contributed by atoms with van der Waals surface area (Å²) >= 11 is 0. The van der Waals surface area contributed by atoms with Crippen LogP contribution < -0.4 is 43.0 Å². The van der Waals surface area contributed by atoms with E-state index < -0.39 is 132 Å². The van der Waals surface area contributed by atoms with Gasteiger partial charge in [-0.3, -0.25) is 43.3 Å². The Morgan fingerprint density at radius 2 is 1.35 bits per heavy atom. The Morgan fingerprint density at radius 3 is 1.93 bits per heavy atom. The second-order valence-corrected chi connectivity index (χ2v) is 25.6. The van der Waals surface area contributed by atoms with Crippen LogP contribution in [0.25, 0.3) is 0 Å². The molecule has 0 saturated carbocycles. The van der Waals surface area contributed by atoms with E-state index in [1.54, 1.807) is 109 Å². The molecular weight excluding hydrogens is 1230 g/mol. The third-order valence-corrected chi connectivity index (χ3v) is 17.3. The van der Waals surface area contributed by atoms with Crippen LogP contribution in [0, 0.1) is 29.6 Å². The molecule has 1 aliphatic rings. The van der Waals surface area contributed by atoms with Crippen LogP contribution in [0.2, 0.25) is 0 Å². The van der Waals surface area contributed by atoms with Crippen molar-refractivity contribution in [3.05, 3.63) is 77.9 Å². The van der Waals surface area contributed by atoms with E-state index in [4.69, 9.17) is 25.1 Å². The van der Waals surface area contributed by atoms with E-state index in [1.807, 2.05) is 32.0 Å². The number of urea groups is 1. The maximum absolute atomic E-state index is 14.8. The third-order valence-electron chi connectivity index (χ3n) is 17.3. The van der Waals surface area contributed by atoms with Crippen molar-refractivity contribution in [3.8, 4) is 0 Å². The van der Waals surface area contributed by atoms with Gasteiger partial charge in [-0.05, 0) is 92.4 Å². The Bertz CT molecular complexity index is 2860. The normalized spacial score (nSPS) is 16.6. The lowest BCUT2D eigenvalue weighted by molar-refractivity contribution is -0.148. The van der Waals surface area contributed by atoms with Crippen molar-refractivity contribution in [2.24, 2.45) is 35.3 Å². The highest BCUT2D eigenvalue weighted by Gasteiger charge is 2.44. The van der Waals surface area contributed by atoms with Gasteiger partial charge in [-0.2, -0.15) is 0 Å². The van der Waals surface area contributed by atoms with Crippen LogP contribution in [0.1, 0.15) is 151 Å². The summed E-state index contributed by atoms with van der Waals surface area (Å²) in [6.45, 7) is 18.6. The van der Waals surface area contributed by atoms with Gasteiger partial charge in [0.25, 0.3) is 0 Å². The van der Waals surface area contributed by atoms with Gasteiger partial charge < -0.3 is 77.2 Å². The number of hydrogen-bond acceptors (Lipinski definition) is 15. The molecule has 1 aliphatic heterocycles. The van der Waals surface area contributed by atoms with Crippen LogP contribution in [0.15, 0.2) is 66.7 Å². The van der Waals surface area contributed by atoms with Gasteiger partial charge >= 0.3 is 18.1 Å². The van der Waals surface area contributed by atoms with Crippen LogP contribution in [0.3, 0.4) is 0 Å². The third kappa shape index (κ3) is 26.2. The number of carbonyl (C=O) groups is 11. The van der Waals surface area contributed by atoms with Gasteiger partial charge in [0, 0.05) is 72.2 Å². The molecule has 1 fully saturated rings. The van der Waals surface area contributed by atoms with E-state index in [0.29, 0.717) is 61.9 Å². The Balaban J connectivity index is 1.67. The van der Waals surface area contributed by atoms with Crippen LogP contribution in [0.4, 0.5) is 15.3 Å². The zero-order chi connectivity index (χ0) is 71.2. The summed E-state index contributed by atoms with van der Waals surface area (Å²) in [7, 11) is 6.06. The topological polar surface area (TPSA) is 376 Å². The van der Waals surface area contributed by atoms with Crippen molar-refractivity contribution in [1.82, 2.24) is 46.6 Å². The van der Waals surface area contributed by atoms with Crippen LogP contribution in [-0.4, -0.2) is 193 Å². The largest absolute Gasteiger partial charge is 0.478 e. The zero-order valence-electron chi connectivity index (χ0n) is 57.9. The summed E-state index contributed by atoms with van der Waals surface area (Å²) in [6, 6.07) is 8.66. The first-order valence-electron chi connectivity index (χ1n) is 33.0. The number of nitrogens with two attached hydrogens (primary N) is 1. The van der Waals surface area contributed by atoms with E-state index in [2.05, 4.69) is 37.2 Å². The Labute approximate surface area is 559 Å². The fourth-order valence-electron chi connectivity index (χ4n) is 11.7. The molecule has 1 heterocycles. The minimum Gasteiger partial charge on any atom is -0.478 e. The number of nitrogens with zero attached hydrogens (tertiary/aromatic N) is 3. The number of unbranched alkanes of at least 4 members (excludes halogenated alkanes) is 2. The minimum atomic E-state index is -1.25. The number of ether oxygens (including phenoxy) is 3. The molecule has 12 atom stereocenters. The average molecular weight is 1330 g/mol. The van der Waals surface area contributed by atoms with Gasteiger partial charge in [-0.15, -0.1) is 0 Å². The van der Waals surface area contributed by atoms with Crippen molar-refractivity contribution in [3.63, 3.8) is 0 Å². The van der Waals surface area contributed by atoms with Crippen molar-refractivity contribution in [2.75, 3.05) is 53.3 Å². The number of aliphatic hydroxyl groups excluding tert-OH is 1. The molecular formula is C68H107N11O16. The molecule has 11 amide bonds. The zero-order valence-corrected chi connectivity index (χ0v) is 57.9. The number of benzene rings is 2. The lowest BCUT2D eigenvalue weighted by atomic mass is 9.89. The van der Waals surface area contributed by atoms with E-state index in [9.17, 15) is 57.8 Å². The molecule has 0 aliphatic carbocycles. The lowest BCUT2D eigenvalue weighted by Crippen LogP contribution is -2.60. The monoisotopic (exact) mass is 1330 g/mol. The highest BCUT2D eigenvalue weighted by Crippen LogP contribution is 2.31. The average Bonchev–Trinajstić information content (AvgIpc) is 1.84. The van der Waals surface area contributed by atoms with Gasteiger partial charge in [0.15, 0.2) is 0 Å². The van der Waals surface area contributed by atoms with E-state index in [1.165, 1.54) is 26.2 Å². The molecule has 2 aromatic carbocycles. The number of methoxy groups -OCH3 is 2. The van der Waals surface area contributed by atoms with E-state index >= 15 is 0 Å². The van der Waals surface area contributed by atoms with Crippen molar-refractivity contribution in [2.45, 2.75) is 201 Å². The Kier molecular flexibility index (Phi) is 34.9. The van der Waals surface area contributed by atoms with Gasteiger partial charge in [-0.25, -0.2) is 14.4 Å². The van der Waals surface area contributed by atoms with Crippen LogP contribution >= 0.6 is 0 Å². The van der Waals surface area contributed by atoms with Gasteiger partial charge in [0.05, 0.1) is 48.8 Å². The number of likely N-dealkylation sites (N-methyl/N-ethyl adjacent to an activating group) is 2. The molecule has 0 aromatic heterocycles. The molecule has 2 aromatic rings. The number of aliphatic carboxylic acids is 1. The fourth-order valence-corrected chi connectivity index (χ4v) is 11.7. The number of rotatable bonds is 40. The van der Waals surface area contributed by atoms with Crippen LogP contribution in [0.5, 0.6) is 0 Å². The van der Waals surface area contributed by atoms with Crippen LogP contribution in [-0.2, 0) is 64.0 Å². The number of anilines is 1. The number of carbonyl (C=O) groups excluding carboxylic acids is 10. The van der Waals surface area contributed by atoms with Gasteiger partial charge in [0.1, 0.15) is 30.8 Å². The first kappa shape index (κ1) is 81.1. The second kappa shape index (κ2) is 40.9. The molecule has 1 saturated heterocycles. The molecule has 11 N–H and O–H groups in total. The first-order chi connectivity index (χ1) is 44.9. The van der Waals surface area contributed by atoms with E-state index in [-0.39, 0.29) is 69.0 Å². The van der Waals surface area contributed by atoms with E-state index in [0.717, 1.165) is 12.2 Å². The molecule has 27 nitrogen and oxygen atoms in total. The molecule has 530 valence electrons. The number of aliphatic hydroxyl groups is 1. The highest BCUT2D eigenvalue weighted by molar-refractivity contribution is 5.99. The number of primary amides is 1. The molecule has 12 unspecified atom stereocenters. The Morgan fingerprint density at radius 1 is 0.705 bits per heavy atom. The number of carboxylic acids is 1. The standard InChI is InChI=1S/C68H107N11O16/c1-15-43(8)59(51(93-13)38-54(82)79-37-23-27-50(79)61(94-14)44(9)62(86)72-45(10)60(85)47-24-18-16-19-25-47)77(11)66(90)57(41(4)5)76-65(89)58(42(6)7)78(12)68(92)95-39-46-29-31-48(32-30-46)73-63(87)49(26-22-36-71-67(69)91)74-64(88)56(40(2)3)75-53(81)28-20-17-21-35-70-52(80)33-34-55(83)84/h16,18-19,24-25,29-34,40-45,49-51,56-61,85H,15,17,20-23,26-28,35-39H2,1-14H3,(H,70,80)(H,72,86)(H,73,87)(H,74,88)(H,75,81)(H,76,89)(H,83,84)(H3,69,71,91).